The number of hydrogen-bond acceptors (Lipinski definition) is 4. The number of nitrogens with one attached hydrogen (secondary N) is 2. The lowest BCUT2D eigenvalue weighted by Gasteiger charge is -2.35. The molecule has 0 bridgehead atoms. The fourth-order valence-electron chi connectivity index (χ4n) is 4.50. The van der Waals surface area contributed by atoms with Crippen LogP contribution in [0, 0.1) is 0 Å². The fourth-order valence-corrected chi connectivity index (χ4v) is 4.50. The van der Waals surface area contributed by atoms with Gasteiger partial charge < -0.3 is 21.3 Å². The number of benzene rings is 1. The first kappa shape index (κ1) is 19.4. The van der Waals surface area contributed by atoms with Crippen LogP contribution in [0.15, 0.2) is 24.3 Å². The van der Waals surface area contributed by atoms with Crippen molar-refractivity contribution in [3.05, 3.63) is 35.4 Å². The lowest BCUT2D eigenvalue weighted by molar-refractivity contribution is -0.133. The highest BCUT2D eigenvalue weighted by Crippen LogP contribution is 2.41. The summed E-state index contributed by atoms with van der Waals surface area (Å²) in [5, 5.41) is 5.39. The van der Waals surface area contributed by atoms with Crippen LogP contribution in [0.1, 0.15) is 66.9 Å². The largest absolute Gasteiger partial charge is 0.368 e. The lowest BCUT2D eigenvalue weighted by atomic mass is 9.81. The molecule has 1 aliphatic heterocycles. The zero-order valence-corrected chi connectivity index (χ0v) is 16.3. The molecule has 0 radical (unpaired) electrons. The van der Waals surface area contributed by atoms with Crippen LogP contribution >= 0.6 is 0 Å². The third-order valence-electron chi connectivity index (χ3n) is 6.17. The average molecular weight is 398 g/mol. The van der Waals surface area contributed by atoms with Crippen LogP contribution in [-0.2, 0) is 14.4 Å². The Hall–Kier alpha value is -2.90. The molecule has 2 saturated carbocycles. The maximum absolute atomic E-state index is 12.9. The third kappa shape index (κ3) is 3.59. The highest BCUT2D eigenvalue weighted by atomic mass is 16.2. The molecule has 0 saturated heterocycles. The second-order valence-electron chi connectivity index (χ2n) is 8.21. The van der Waals surface area contributed by atoms with Gasteiger partial charge in [0.25, 0.3) is 5.91 Å². The number of carbonyl (C=O) groups is 4. The van der Waals surface area contributed by atoms with E-state index in [2.05, 4.69) is 10.6 Å². The summed E-state index contributed by atoms with van der Waals surface area (Å²) in [7, 11) is 0. The highest BCUT2D eigenvalue weighted by Gasteiger charge is 2.47. The maximum atomic E-state index is 12.9. The summed E-state index contributed by atoms with van der Waals surface area (Å²) < 4.78 is 0. The summed E-state index contributed by atoms with van der Waals surface area (Å²) >= 11 is 0. The van der Waals surface area contributed by atoms with Crippen molar-refractivity contribution in [2.75, 3.05) is 6.54 Å². The molecule has 1 heterocycles. The van der Waals surface area contributed by atoms with Crippen LogP contribution in [0.2, 0.25) is 0 Å². The number of nitrogens with zero attached hydrogens (tertiary/aromatic N) is 1. The summed E-state index contributed by atoms with van der Waals surface area (Å²) in [4.78, 5) is 51.7. The fraction of sp³-hybridized carbons (Fsp3) is 0.524. The summed E-state index contributed by atoms with van der Waals surface area (Å²) in [6.45, 7) is -0.265. The van der Waals surface area contributed by atoms with Gasteiger partial charge in [-0.15, -0.1) is 0 Å². The average Bonchev–Trinajstić information content (AvgIpc) is 3.51. The summed E-state index contributed by atoms with van der Waals surface area (Å²) in [5.41, 5.74) is 5.73. The Balaban J connectivity index is 1.43. The van der Waals surface area contributed by atoms with Gasteiger partial charge in [0.1, 0.15) is 11.6 Å². The van der Waals surface area contributed by atoms with Crippen LogP contribution in [0.25, 0.3) is 0 Å². The lowest BCUT2D eigenvalue weighted by Crippen LogP contribution is -2.60. The minimum atomic E-state index is -1.03. The molecule has 4 rings (SSSR count). The minimum Gasteiger partial charge on any atom is -0.368 e. The van der Waals surface area contributed by atoms with E-state index in [1.54, 1.807) is 29.2 Å². The van der Waals surface area contributed by atoms with Gasteiger partial charge in [-0.2, -0.15) is 0 Å². The quantitative estimate of drug-likeness (QED) is 0.655. The molecule has 8 nitrogen and oxygen atoms in total. The number of carbonyl (C=O) groups excluding carboxylic acids is 4. The van der Waals surface area contributed by atoms with E-state index in [-0.39, 0.29) is 24.4 Å². The Bertz CT molecular complexity index is 858. The van der Waals surface area contributed by atoms with Crippen LogP contribution in [0.3, 0.4) is 0 Å². The van der Waals surface area contributed by atoms with Crippen molar-refractivity contribution in [2.24, 2.45) is 5.73 Å². The standard InChI is InChI=1S/C21H26N4O4/c22-20(29)21(10-4-1-5-11-21)24-16(26)12-23-18(27)17-14-6-2-3-7-15(14)19(28)25(17)13-8-9-13/h2-3,6-7,13,17H,1,4-5,8-12H2,(H2,22,29)(H,23,27)(H,24,26). The molecule has 1 aromatic rings. The summed E-state index contributed by atoms with van der Waals surface area (Å²) in [5.74, 6) is -1.51. The molecule has 4 N–H and O–H groups in total. The number of fused-ring (bicyclic) bond motifs is 1. The predicted octanol–water partition coefficient (Wildman–Crippen LogP) is 0.767. The van der Waals surface area contributed by atoms with Crippen LogP contribution < -0.4 is 16.4 Å². The van der Waals surface area contributed by atoms with Crippen molar-refractivity contribution < 1.29 is 19.2 Å². The molecular weight excluding hydrogens is 372 g/mol. The molecule has 3 aliphatic rings. The first-order valence-corrected chi connectivity index (χ1v) is 10.2. The van der Waals surface area contributed by atoms with Gasteiger partial charge in [0.05, 0.1) is 6.54 Å². The highest BCUT2D eigenvalue weighted by molar-refractivity contribution is 6.05. The van der Waals surface area contributed by atoms with Gasteiger partial charge in [0, 0.05) is 11.6 Å². The van der Waals surface area contributed by atoms with E-state index in [1.807, 2.05) is 0 Å². The third-order valence-corrected chi connectivity index (χ3v) is 6.17. The molecule has 154 valence electrons. The van der Waals surface area contributed by atoms with Gasteiger partial charge in [0.2, 0.25) is 17.7 Å². The maximum Gasteiger partial charge on any atom is 0.255 e. The predicted molar refractivity (Wildman–Crippen MR) is 105 cm³/mol. The normalized spacial score (nSPS) is 22.7. The van der Waals surface area contributed by atoms with Gasteiger partial charge in [-0.05, 0) is 37.3 Å². The van der Waals surface area contributed by atoms with Crippen molar-refractivity contribution in [3.63, 3.8) is 0 Å². The van der Waals surface area contributed by atoms with E-state index in [9.17, 15) is 19.2 Å². The number of nitrogens with two attached hydrogens (primary N) is 1. The molecule has 2 aliphatic carbocycles. The molecule has 29 heavy (non-hydrogen) atoms. The zero-order valence-electron chi connectivity index (χ0n) is 16.3. The Morgan fingerprint density at radius 1 is 1.10 bits per heavy atom. The van der Waals surface area contributed by atoms with Gasteiger partial charge >= 0.3 is 0 Å². The second kappa shape index (κ2) is 7.50. The van der Waals surface area contributed by atoms with E-state index in [1.165, 1.54) is 0 Å². The van der Waals surface area contributed by atoms with Crippen LogP contribution in [0.4, 0.5) is 0 Å². The van der Waals surface area contributed by atoms with Crippen molar-refractivity contribution in [2.45, 2.75) is 62.6 Å². The summed E-state index contributed by atoms with van der Waals surface area (Å²) in [6.07, 6.45) is 5.45. The smallest absolute Gasteiger partial charge is 0.255 e. The van der Waals surface area contributed by atoms with Crippen LogP contribution in [0.5, 0.6) is 0 Å². The Kier molecular flexibility index (Phi) is 5.02. The SMILES string of the molecule is NC(=O)C1(NC(=O)CNC(=O)C2c3ccccc3C(=O)N2C2CC2)CCCCC1. The Morgan fingerprint density at radius 3 is 2.45 bits per heavy atom. The van der Waals surface area contributed by atoms with Crippen molar-refractivity contribution >= 4 is 23.6 Å². The number of hydrogen-bond donors (Lipinski definition) is 3. The van der Waals surface area contributed by atoms with E-state index in [4.69, 9.17) is 5.73 Å². The summed E-state index contributed by atoms with van der Waals surface area (Å²) in [6, 6.07) is 6.44. The molecule has 4 amide bonds. The first-order chi connectivity index (χ1) is 13.9. The molecule has 0 aromatic heterocycles. The van der Waals surface area contributed by atoms with E-state index in [0.29, 0.717) is 24.0 Å². The number of primary amides is 1. The van der Waals surface area contributed by atoms with Crippen LogP contribution in [-0.4, -0.2) is 46.7 Å². The van der Waals surface area contributed by atoms with Gasteiger partial charge in [0.15, 0.2) is 0 Å². The molecule has 0 spiro atoms. The van der Waals surface area contributed by atoms with E-state index in [0.717, 1.165) is 32.1 Å². The van der Waals surface area contributed by atoms with Gasteiger partial charge in [-0.25, -0.2) is 0 Å². The van der Waals surface area contributed by atoms with Crippen molar-refractivity contribution in [1.82, 2.24) is 15.5 Å². The number of amides is 4. The molecule has 1 aromatic carbocycles. The minimum absolute atomic E-state index is 0.0693. The topological polar surface area (TPSA) is 122 Å². The molecule has 1 unspecified atom stereocenters. The number of rotatable bonds is 6. The van der Waals surface area contributed by atoms with E-state index < -0.39 is 23.4 Å². The molecule has 2 fully saturated rings. The van der Waals surface area contributed by atoms with Gasteiger partial charge in [-0.1, -0.05) is 37.5 Å². The zero-order chi connectivity index (χ0) is 20.6. The monoisotopic (exact) mass is 398 g/mol. The van der Waals surface area contributed by atoms with E-state index >= 15 is 0 Å². The molecular formula is C21H26N4O4. The van der Waals surface area contributed by atoms with Crippen molar-refractivity contribution in [1.29, 1.82) is 0 Å². The Morgan fingerprint density at radius 2 is 1.79 bits per heavy atom. The second-order valence-corrected chi connectivity index (χ2v) is 8.21. The van der Waals surface area contributed by atoms with Gasteiger partial charge in [-0.3, -0.25) is 19.2 Å². The Labute approximate surface area is 169 Å². The first-order valence-electron chi connectivity index (χ1n) is 10.2. The van der Waals surface area contributed by atoms with Crippen molar-refractivity contribution in [3.8, 4) is 0 Å². The molecule has 8 heteroatoms. The molecule has 1 atom stereocenters.